The van der Waals surface area contributed by atoms with Crippen LogP contribution >= 0.6 is 9.24 Å². The molecule has 3 aromatic rings. The van der Waals surface area contributed by atoms with Crippen LogP contribution in [-0.2, 0) is 11.2 Å². The summed E-state index contributed by atoms with van der Waals surface area (Å²) in [6.07, 6.45) is 7.84. The molecule has 1 aliphatic heterocycles. The van der Waals surface area contributed by atoms with Crippen molar-refractivity contribution in [2.75, 3.05) is 7.05 Å². The van der Waals surface area contributed by atoms with Crippen molar-refractivity contribution in [1.29, 1.82) is 0 Å². The van der Waals surface area contributed by atoms with E-state index in [2.05, 4.69) is 112 Å². The second kappa shape index (κ2) is 12.1. The van der Waals surface area contributed by atoms with Crippen molar-refractivity contribution in [3.05, 3.63) is 106 Å². The maximum absolute atomic E-state index is 14.1. The Labute approximate surface area is 236 Å². The van der Waals surface area contributed by atoms with Crippen LogP contribution in [0.4, 0.5) is 0 Å². The first kappa shape index (κ1) is 27.6. The molecular formula is C34H42N3OP. The van der Waals surface area contributed by atoms with E-state index in [9.17, 15) is 4.79 Å². The van der Waals surface area contributed by atoms with Crippen LogP contribution in [0, 0.1) is 18.3 Å². The van der Waals surface area contributed by atoms with Crippen LogP contribution < -0.4 is 21.3 Å². The first-order chi connectivity index (χ1) is 18.9. The number of hydrogen-bond donors (Lipinski definition) is 3. The zero-order chi connectivity index (χ0) is 27.4. The maximum Gasteiger partial charge on any atom is 0.227 e. The third-order valence-electron chi connectivity index (χ3n) is 8.86. The van der Waals surface area contributed by atoms with E-state index in [0.29, 0.717) is 5.92 Å². The standard InChI is InChI=1S/C34H42N3OP/c1-4-29(25-13-9-6-10-14-25)37-33(38)34(22-24-11-7-5-8-12-24)17-15-26(16-18-34)30-20-27-19-23(2)31(39)21-28(27)32(35-3)36-30/h5-14,19-21,26,29,32,35-36H,4,15-18,22,39H2,1-3H3,(H,37,38)/t26?,29-,32?,34?/m1/s1. The number of aryl methyl sites for hydroxylation is 1. The van der Waals surface area contributed by atoms with Crippen LogP contribution in [0.3, 0.4) is 0 Å². The van der Waals surface area contributed by atoms with Crippen molar-refractivity contribution in [2.24, 2.45) is 11.3 Å². The Morgan fingerprint density at radius 3 is 2.36 bits per heavy atom. The number of fused-ring (bicyclic) bond motifs is 1. The summed E-state index contributed by atoms with van der Waals surface area (Å²) in [5, 5.41) is 12.0. The van der Waals surface area contributed by atoms with Crippen LogP contribution in [0.1, 0.15) is 79.1 Å². The molecular weight excluding hydrogens is 497 g/mol. The van der Waals surface area contributed by atoms with Gasteiger partial charge in [0, 0.05) is 5.70 Å². The van der Waals surface area contributed by atoms with Crippen molar-refractivity contribution in [3.8, 4) is 0 Å². The van der Waals surface area contributed by atoms with Crippen LogP contribution in [0.5, 0.6) is 0 Å². The van der Waals surface area contributed by atoms with Gasteiger partial charge in [0.05, 0.1) is 11.5 Å². The summed E-state index contributed by atoms with van der Waals surface area (Å²) in [7, 11) is 4.87. The zero-order valence-electron chi connectivity index (χ0n) is 23.5. The van der Waals surface area contributed by atoms with Crippen LogP contribution in [-0.4, -0.2) is 13.0 Å². The van der Waals surface area contributed by atoms with Crippen molar-refractivity contribution >= 4 is 26.5 Å². The lowest BCUT2D eigenvalue weighted by molar-refractivity contribution is -0.134. The highest BCUT2D eigenvalue weighted by Gasteiger charge is 2.43. The molecule has 5 heteroatoms. The van der Waals surface area contributed by atoms with Gasteiger partial charge < -0.3 is 10.6 Å². The summed E-state index contributed by atoms with van der Waals surface area (Å²) in [6.45, 7) is 4.32. The van der Waals surface area contributed by atoms with Gasteiger partial charge in [-0.25, -0.2) is 0 Å². The van der Waals surface area contributed by atoms with Crippen molar-refractivity contribution < 1.29 is 4.79 Å². The maximum atomic E-state index is 14.1. The van der Waals surface area contributed by atoms with Crippen LogP contribution in [0.25, 0.3) is 6.08 Å². The van der Waals surface area contributed by atoms with Gasteiger partial charge in [-0.3, -0.25) is 10.1 Å². The summed E-state index contributed by atoms with van der Waals surface area (Å²) in [6, 6.07) is 25.5. The Hall–Kier alpha value is -2.94. The number of amides is 1. The van der Waals surface area contributed by atoms with E-state index >= 15 is 0 Å². The minimum atomic E-state index is -0.402. The molecule has 1 saturated carbocycles. The highest BCUT2D eigenvalue weighted by molar-refractivity contribution is 7.27. The monoisotopic (exact) mass is 539 g/mol. The van der Waals surface area contributed by atoms with Gasteiger partial charge in [-0.15, -0.1) is 9.24 Å². The molecule has 0 radical (unpaired) electrons. The fourth-order valence-electron chi connectivity index (χ4n) is 6.43. The van der Waals surface area contributed by atoms with E-state index in [4.69, 9.17) is 0 Å². The largest absolute Gasteiger partial charge is 0.369 e. The number of nitrogens with one attached hydrogen (secondary N) is 3. The minimum absolute atomic E-state index is 0.0320. The van der Waals surface area contributed by atoms with E-state index in [0.717, 1.165) is 38.5 Å². The predicted molar refractivity (Wildman–Crippen MR) is 166 cm³/mol. The summed E-state index contributed by atoms with van der Waals surface area (Å²) in [5.41, 5.74) is 7.17. The SMILES string of the molecule is CC[C@@H](NC(=O)C1(Cc2ccccc2)CCC(C2=Cc3cc(C)c(P)cc3C(NC)N2)CC1)c1ccccc1. The van der Waals surface area contributed by atoms with Crippen molar-refractivity contribution in [1.82, 2.24) is 16.0 Å². The fraction of sp³-hybridized carbons (Fsp3) is 0.382. The van der Waals surface area contributed by atoms with Gasteiger partial charge in [0.2, 0.25) is 5.91 Å². The van der Waals surface area contributed by atoms with Crippen LogP contribution in [0.2, 0.25) is 0 Å². The first-order valence-corrected chi connectivity index (χ1v) is 15.0. The Morgan fingerprint density at radius 2 is 1.72 bits per heavy atom. The topological polar surface area (TPSA) is 53.2 Å². The molecule has 5 rings (SSSR count). The molecule has 3 N–H and O–H groups in total. The van der Waals surface area contributed by atoms with Gasteiger partial charge in [0.15, 0.2) is 0 Å². The Kier molecular flexibility index (Phi) is 8.54. The predicted octanol–water partition coefficient (Wildman–Crippen LogP) is 6.34. The normalized spacial score (nSPS) is 23.2. The molecule has 1 aliphatic carbocycles. The average Bonchev–Trinajstić information content (AvgIpc) is 2.97. The van der Waals surface area contributed by atoms with Gasteiger partial charge >= 0.3 is 0 Å². The zero-order valence-corrected chi connectivity index (χ0v) is 24.6. The summed E-state index contributed by atoms with van der Waals surface area (Å²) in [4.78, 5) is 14.1. The molecule has 1 heterocycles. The molecule has 204 valence electrons. The molecule has 1 fully saturated rings. The van der Waals surface area contributed by atoms with E-state index in [-0.39, 0.29) is 18.1 Å². The lowest BCUT2D eigenvalue weighted by atomic mass is 9.65. The van der Waals surface area contributed by atoms with Gasteiger partial charge in [0.25, 0.3) is 0 Å². The number of carbonyl (C=O) groups is 1. The molecule has 39 heavy (non-hydrogen) atoms. The fourth-order valence-corrected chi connectivity index (χ4v) is 6.69. The summed E-state index contributed by atoms with van der Waals surface area (Å²) < 4.78 is 0. The minimum Gasteiger partial charge on any atom is -0.369 e. The number of carbonyl (C=O) groups excluding carboxylic acids is 1. The number of hydrogen-bond acceptors (Lipinski definition) is 3. The number of rotatable bonds is 8. The molecule has 0 spiro atoms. The average molecular weight is 540 g/mol. The van der Waals surface area contributed by atoms with Gasteiger partial charge in [-0.2, -0.15) is 0 Å². The highest BCUT2D eigenvalue weighted by Crippen LogP contribution is 2.45. The third-order valence-corrected chi connectivity index (χ3v) is 9.48. The smallest absolute Gasteiger partial charge is 0.227 e. The van der Waals surface area contributed by atoms with Gasteiger partial charge in [0.1, 0.15) is 6.17 Å². The van der Waals surface area contributed by atoms with Gasteiger partial charge in [-0.1, -0.05) is 73.7 Å². The molecule has 0 bridgehead atoms. The number of benzene rings is 3. The molecule has 0 saturated heterocycles. The second-order valence-corrected chi connectivity index (χ2v) is 12.0. The molecule has 4 nitrogen and oxygen atoms in total. The van der Waals surface area contributed by atoms with E-state index in [1.807, 2.05) is 13.1 Å². The van der Waals surface area contributed by atoms with E-state index in [1.165, 1.54) is 38.8 Å². The van der Waals surface area contributed by atoms with Crippen LogP contribution in [0.15, 0.2) is 78.5 Å². The van der Waals surface area contributed by atoms with Gasteiger partial charge in [-0.05, 0) is 104 Å². The number of allylic oxidation sites excluding steroid dienone is 1. The summed E-state index contributed by atoms with van der Waals surface area (Å²) in [5.74, 6) is 0.617. The lowest BCUT2D eigenvalue weighted by Gasteiger charge is -2.42. The first-order valence-electron chi connectivity index (χ1n) is 14.4. The van der Waals surface area contributed by atoms with E-state index in [1.54, 1.807) is 0 Å². The highest BCUT2D eigenvalue weighted by atomic mass is 31.0. The second-order valence-electron chi connectivity index (χ2n) is 11.4. The molecule has 3 aromatic carbocycles. The molecule has 3 atom stereocenters. The Morgan fingerprint density at radius 1 is 1.05 bits per heavy atom. The molecule has 2 aliphatic rings. The molecule has 0 aromatic heterocycles. The Balaban J connectivity index is 1.38. The van der Waals surface area contributed by atoms with E-state index < -0.39 is 5.41 Å². The summed E-state index contributed by atoms with van der Waals surface area (Å²) >= 11 is 0. The molecule has 1 amide bonds. The molecule has 2 unspecified atom stereocenters. The quantitative estimate of drug-likeness (QED) is 0.293. The lowest BCUT2D eigenvalue weighted by Crippen LogP contribution is -2.47. The Bertz CT molecular complexity index is 1310. The third kappa shape index (κ3) is 5.98. The van der Waals surface area contributed by atoms with Crippen molar-refractivity contribution in [3.63, 3.8) is 0 Å². The van der Waals surface area contributed by atoms with Crippen molar-refractivity contribution in [2.45, 2.75) is 64.6 Å².